The van der Waals surface area contributed by atoms with Gasteiger partial charge in [-0.15, -0.1) is 0 Å². The average Bonchev–Trinajstić information content (AvgIpc) is 2.25. The monoisotopic (exact) mass is 280 g/mol. The van der Waals surface area contributed by atoms with Crippen LogP contribution >= 0.6 is 15.9 Å². The number of fused-ring (bicyclic) bond motifs is 1. The molecule has 0 radical (unpaired) electrons. The number of ether oxygens (including phenoxy) is 1. The van der Waals surface area contributed by atoms with Crippen LogP contribution in [0.5, 0.6) is 5.75 Å². The van der Waals surface area contributed by atoms with Gasteiger partial charge in [-0.1, -0.05) is 13.8 Å². The van der Waals surface area contributed by atoms with E-state index < -0.39 is 0 Å². The lowest BCUT2D eigenvalue weighted by atomic mass is 10.2. The van der Waals surface area contributed by atoms with E-state index >= 15 is 0 Å². The first-order valence-corrected chi connectivity index (χ1v) is 5.99. The molecule has 2 aromatic heterocycles. The van der Waals surface area contributed by atoms with Crippen molar-refractivity contribution in [3.63, 3.8) is 0 Å². The van der Waals surface area contributed by atoms with E-state index in [1.165, 1.54) is 0 Å². The maximum Gasteiger partial charge on any atom is 0.148 e. The van der Waals surface area contributed by atoms with Crippen molar-refractivity contribution < 1.29 is 4.74 Å². The summed E-state index contributed by atoms with van der Waals surface area (Å²) < 4.78 is 6.63. The van der Waals surface area contributed by atoms with Crippen LogP contribution in [0.2, 0.25) is 0 Å². The van der Waals surface area contributed by atoms with Gasteiger partial charge < -0.3 is 4.74 Å². The van der Waals surface area contributed by atoms with Crippen molar-refractivity contribution in [1.82, 2.24) is 9.97 Å². The molecule has 4 heteroatoms. The highest BCUT2D eigenvalue weighted by molar-refractivity contribution is 9.10. The molecule has 0 unspecified atom stereocenters. The minimum atomic E-state index is 0.499. The van der Waals surface area contributed by atoms with Gasteiger partial charge in [0.25, 0.3) is 0 Å². The lowest BCUT2D eigenvalue weighted by molar-refractivity contribution is 0.273. The van der Waals surface area contributed by atoms with Gasteiger partial charge in [0.05, 0.1) is 12.1 Å². The summed E-state index contributed by atoms with van der Waals surface area (Å²) >= 11 is 3.38. The van der Waals surface area contributed by atoms with Crippen molar-refractivity contribution >= 4 is 27.0 Å². The van der Waals surface area contributed by atoms with Crippen molar-refractivity contribution in [3.8, 4) is 5.75 Å². The molecule has 0 saturated carbocycles. The molecule has 0 aliphatic carbocycles. The fraction of sp³-hybridized carbons (Fsp3) is 0.333. The molecule has 0 amide bonds. The molecule has 84 valence electrons. The molecule has 2 rings (SSSR count). The van der Waals surface area contributed by atoms with Crippen molar-refractivity contribution in [2.45, 2.75) is 13.8 Å². The lowest BCUT2D eigenvalue weighted by Crippen LogP contribution is -2.05. The van der Waals surface area contributed by atoms with E-state index in [9.17, 15) is 0 Å². The third-order valence-corrected chi connectivity index (χ3v) is 2.51. The molecule has 0 aliphatic rings. The zero-order valence-corrected chi connectivity index (χ0v) is 10.9. The zero-order chi connectivity index (χ0) is 11.5. The van der Waals surface area contributed by atoms with Gasteiger partial charge in [-0.2, -0.15) is 0 Å². The number of rotatable bonds is 3. The predicted octanol–water partition coefficient (Wildman–Crippen LogP) is 3.43. The highest BCUT2D eigenvalue weighted by Crippen LogP contribution is 2.24. The molecule has 16 heavy (non-hydrogen) atoms. The topological polar surface area (TPSA) is 35.0 Å². The fourth-order valence-corrected chi connectivity index (χ4v) is 1.67. The number of hydrogen-bond donors (Lipinski definition) is 0. The van der Waals surface area contributed by atoms with Crippen LogP contribution in [0.15, 0.2) is 29.0 Å². The number of hydrogen-bond acceptors (Lipinski definition) is 3. The van der Waals surface area contributed by atoms with Crippen LogP contribution in [0, 0.1) is 5.92 Å². The van der Waals surface area contributed by atoms with Gasteiger partial charge in [-0.3, -0.25) is 4.98 Å². The number of nitrogens with zero attached hydrogens (tertiary/aromatic N) is 2. The van der Waals surface area contributed by atoms with Gasteiger partial charge in [0, 0.05) is 22.9 Å². The van der Waals surface area contributed by atoms with Crippen LogP contribution in [0.3, 0.4) is 0 Å². The maximum atomic E-state index is 5.70. The molecule has 2 aromatic rings. The first-order chi connectivity index (χ1) is 7.66. The number of pyridine rings is 2. The Kier molecular flexibility index (Phi) is 3.39. The summed E-state index contributed by atoms with van der Waals surface area (Å²) in [6, 6.07) is 3.79. The van der Waals surface area contributed by atoms with Crippen LogP contribution in [0.25, 0.3) is 11.0 Å². The third-order valence-electron chi connectivity index (χ3n) is 2.08. The van der Waals surface area contributed by atoms with Crippen LogP contribution in [0.4, 0.5) is 0 Å². The normalized spacial score (nSPS) is 11.0. The molecule has 3 nitrogen and oxygen atoms in total. The molecule has 0 N–H and O–H groups in total. The Morgan fingerprint density at radius 1 is 1.38 bits per heavy atom. The number of aromatic nitrogens is 2. The Balaban J connectivity index is 2.38. The van der Waals surface area contributed by atoms with E-state index in [2.05, 4.69) is 39.7 Å². The van der Waals surface area contributed by atoms with Crippen molar-refractivity contribution in [3.05, 3.63) is 29.0 Å². The van der Waals surface area contributed by atoms with Crippen molar-refractivity contribution in [1.29, 1.82) is 0 Å². The second kappa shape index (κ2) is 4.78. The second-order valence-corrected chi connectivity index (χ2v) is 4.95. The van der Waals surface area contributed by atoms with Gasteiger partial charge in [0.15, 0.2) is 0 Å². The second-order valence-electron chi connectivity index (χ2n) is 4.04. The summed E-state index contributed by atoms with van der Waals surface area (Å²) in [6.45, 7) is 4.93. The van der Waals surface area contributed by atoms with Crippen LogP contribution < -0.4 is 4.74 Å². The van der Waals surface area contributed by atoms with E-state index in [0.717, 1.165) is 21.3 Å². The van der Waals surface area contributed by atoms with Gasteiger partial charge >= 0.3 is 0 Å². The molecule has 0 bridgehead atoms. The molecule has 0 fully saturated rings. The quantitative estimate of drug-likeness (QED) is 0.864. The van der Waals surface area contributed by atoms with Crippen LogP contribution in [-0.4, -0.2) is 16.6 Å². The molecule has 0 saturated heterocycles. The van der Waals surface area contributed by atoms with Crippen LogP contribution in [0.1, 0.15) is 13.8 Å². The highest BCUT2D eigenvalue weighted by atomic mass is 79.9. The van der Waals surface area contributed by atoms with Crippen molar-refractivity contribution in [2.75, 3.05) is 6.61 Å². The molecule has 0 aliphatic heterocycles. The third kappa shape index (κ3) is 2.50. The van der Waals surface area contributed by atoms with Gasteiger partial charge in [-0.05, 0) is 27.9 Å². The average molecular weight is 281 g/mol. The smallest absolute Gasteiger partial charge is 0.148 e. The van der Waals surface area contributed by atoms with Gasteiger partial charge in [0.1, 0.15) is 11.3 Å². The first-order valence-electron chi connectivity index (χ1n) is 5.20. The Hall–Kier alpha value is -1.16. The maximum absolute atomic E-state index is 5.70. The van der Waals surface area contributed by atoms with E-state index in [4.69, 9.17) is 4.74 Å². The van der Waals surface area contributed by atoms with Crippen LogP contribution in [-0.2, 0) is 0 Å². The first kappa shape index (κ1) is 11.3. The van der Waals surface area contributed by atoms with E-state index in [1.54, 1.807) is 12.4 Å². The molecular formula is C12H13BrN2O. The van der Waals surface area contributed by atoms with E-state index in [0.29, 0.717) is 12.5 Å². The Morgan fingerprint density at radius 3 is 2.94 bits per heavy atom. The Bertz CT molecular complexity index is 499. The largest absolute Gasteiger partial charge is 0.491 e. The van der Waals surface area contributed by atoms with Gasteiger partial charge in [-0.25, -0.2) is 4.98 Å². The minimum absolute atomic E-state index is 0.499. The summed E-state index contributed by atoms with van der Waals surface area (Å²) in [5.41, 5.74) is 1.65. The highest BCUT2D eigenvalue weighted by Gasteiger charge is 2.05. The summed E-state index contributed by atoms with van der Waals surface area (Å²) in [5, 5.41) is 0. The van der Waals surface area contributed by atoms with Gasteiger partial charge in [0.2, 0.25) is 0 Å². The Labute approximate surface area is 103 Å². The summed E-state index contributed by atoms with van der Waals surface area (Å²) in [5.74, 6) is 1.30. The number of halogens is 1. The molecule has 2 heterocycles. The summed E-state index contributed by atoms with van der Waals surface area (Å²) in [6.07, 6.45) is 3.50. The van der Waals surface area contributed by atoms with E-state index in [1.807, 2.05) is 12.1 Å². The fourth-order valence-electron chi connectivity index (χ4n) is 1.35. The molecular weight excluding hydrogens is 268 g/mol. The summed E-state index contributed by atoms with van der Waals surface area (Å²) in [7, 11) is 0. The SMILES string of the molecule is CC(C)COc1ccnc2cc(Br)cnc12. The van der Waals surface area contributed by atoms with Crippen molar-refractivity contribution in [2.24, 2.45) is 5.92 Å². The molecule has 0 aromatic carbocycles. The lowest BCUT2D eigenvalue weighted by Gasteiger charge is -2.10. The van der Waals surface area contributed by atoms with E-state index in [-0.39, 0.29) is 0 Å². The summed E-state index contributed by atoms with van der Waals surface area (Å²) in [4.78, 5) is 8.58. The standard InChI is InChI=1S/C12H13BrN2O/c1-8(2)7-16-11-3-4-14-10-5-9(13)6-15-12(10)11/h3-6,8H,7H2,1-2H3. The molecule has 0 spiro atoms. The minimum Gasteiger partial charge on any atom is -0.491 e. The Morgan fingerprint density at radius 2 is 2.19 bits per heavy atom. The zero-order valence-electron chi connectivity index (χ0n) is 9.27. The molecule has 0 atom stereocenters. The predicted molar refractivity (Wildman–Crippen MR) is 67.6 cm³/mol.